The predicted octanol–water partition coefficient (Wildman–Crippen LogP) is 1.96. The summed E-state index contributed by atoms with van der Waals surface area (Å²) in [5.41, 5.74) is -0.285. The lowest BCUT2D eigenvalue weighted by Crippen LogP contribution is -2.46. The molecule has 35 heavy (non-hydrogen) atoms. The molecule has 3 rings (SSSR count). The number of halogens is 2. The minimum absolute atomic E-state index is 0.00687. The molecule has 0 unspecified atom stereocenters. The van der Waals surface area contributed by atoms with Crippen LogP contribution >= 0.6 is 7.75 Å². The average Bonchev–Trinajstić information content (AvgIpc) is 3.20. The van der Waals surface area contributed by atoms with E-state index in [9.17, 15) is 14.2 Å². The number of cyclic esters (lactones) is 1. The molecule has 0 saturated carbocycles. The SMILES string of the molecule is C#CCOP(=O)(OCC#C)N1CCN(c2c(F)cc(N3C[C@H](CNC(C)=O)OC3=O)cc2F)CC1. The van der Waals surface area contributed by atoms with Gasteiger partial charge in [-0.15, -0.1) is 12.8 Å². The van der Waals surface area contributed by atoms with Crippen molar-refractivity contribution in [3.63, 3.8) is 0 Å². The molecule has 0 aliphatic carbocycles. The van der Waals surface area contributed by atoms with Gasteiger partial charge in [-0.3, -0.25) is 18.7 Å². The fourth-order valence-corrected chi connectivity index (χ4v) is 5.25. The number of terminal acetylenes is 2. The molecule has 13 heteroatoms. The van der Waals surface area contributed by atoms with Gasteiger partial charge in [-0.2, -0.15) is 0 Å². The van der Waals surface area contributed by atoms with Crippen molar-refractivity contribution < 1.29 is 36.7 Å². The maximum atomic E-state index is 15.0. The number of nitrogens with one attached hydrogen (secondary N) is 1. The highest BCUT2D eigenvalue weighted by molar-refractivity contribution is 7.51. The van der Waals surface area contributed by atoms with Gasteiger partial charge in [-0.25, -0.2) is 22.8 Å². The molecule has 1 atom stereocenters. The molecule has 188 valence electrons. The Hall–Kier alpha value is -3.15. The summed E-state index contributed by atoms with van der Waals surface area (Å²) in [6.07, 6.45) is 8.94. The number of carbonyl (C=O) groups is 2. The van der Waals surface area contributed by atoms with Gasteiger partial charge in [0.25, 0.3) is 0 Å². The number of rotatable bonds is 9. The van der Waals surface area contributed by atoms with E-state index in [2.05, 4.69) is 17.2 Å². The number of amides is 2. The quantitative estimate of drug-likeness (QED) is 0.398. The van der Waals surface area contributed by atoms with Gasteiger partial charge in [-0.05, 0) is 0 Å². The van der Waals surface area contributed by atoms with Crippen molar-refractivity contribution in [2.24, 2.45) is 0 Å². The number of anilines is 2. The molecular weight excluding hydrogens is 485 g/mol. The molecule has 2 aliphatic heterocycles. The van der Waals surface area contributed by atoms with E-state index in [4.69, 9.17) is 26.6 Å². The molecule has 2 aliphatic rings. The molecule has 1 aromatic rings. The molecule has 1 aromatic carbocycles. The van der Waals surface area contributed by atoms with E-state index in [1.54, 1.807) is 0 Å². The first kappa shape index (κ1) is 26.5. The first-order valence-corrected chi connectivity index (χ1v) is 12.2. The second-order valence-electron chi connectivity index (χ2n) is 7.68. The maximum absolute atomic E-state index is 15.0. The number of nitrogens with zero attached hydrogens (tertiary/aromatic N) is 3. The van der Waals surface area contributed by atoms with Gasteiger partial charge in [0.05, 0.1) is 18.8 Å². The van der Waals surface area contributed by atoms with E-state index < -0.39 is 31.6 Å². The van der Waals surface area contributed by atoms with Gasteiger partial charge in [-0.1, -0.05) is 11.8 Å². The molecule has 0 spiro atoms. The third kappa shape index (κ3) is 6.30. The summed E-state index contributed by atoms with van der Waals surface area (Å²) in [6.45, 7) is 1.37. The van der Waals surface area contributed by atoms with Crippen LogP contribution in [0.15, 0.2) is 12.1 Å². The Bertz CT molecular complexity index is 1050. The summed E-state index contributed by atoms with van der Waals surface area (Å²) >= 11 is 0. The Balaban J connectivity index is 1.69. The molecule has 1 N–H and O–H groups in total. The molecule has 2 amide bonds. The van der Waals surface area contributed by atoms with E-state index >= 15 is 8.78 Å². The number of piperazine rings is 1. The third-order valence-corrected chi connectivity index (χ3v) is 7.31. The highest BCUT2D eigenvalue weighted by atomic mass is 31.2. The Morgan fingerprint density at radius 3 is 2.26 bits per heavy atom. The Labute approximate surface area is 202 Å². The van der Waals surface area contributed by atoms with Crippen LogP contribution in [0.1, 0.15) is 6.92 Å². The Morgan fingerprint density at radius 1 is 1.17 bits per heavy atom. The minimum atomic E-state index is -3.77. The maximum Gasteiger partial charge on any atom is 0.414 e. The summed E-state index contributed by atoms with van der Waals surface area (Å²) in [7, 11) is -3.77. The van der Waals surface area contributed by atoms with Gasteiger partial charge in [0, 0.05) is 45.2 Å². The van der Waals surface area contributed by atoms with Gasteiger partial charge in [0.2, 0.25) is 5.91 Å². The third-order valence-electron chi connectivity index (χ3n) is 5.31. The number of benzene rings is 1. The van der Waals surface area contributed by atoms with Crippen molar-refractivity contribution in [1.82, 2.24) is 9.99 Å². The molecule has 2 fully saturated rings. The minimum Gasteiger partial charge on any atom is -0.442 e. The summed E-state index contributed by atoms with van der Waals surface area (Å²) in [4.78, 5) is 25.8. The lowest BCUT2D eigenvalue weighted by atomic mass is 10.2. The van der Waals surface area contributed by atoms with Crippen LogP contribution in [0.2, 0.25) is 0 Å². The highest BCUT2D eigenvalue weighted by Crippen LogP contribution is 2.52. The fraction of sp³-hybridized carbons (Fsp3) is 0.455. The van der Waals surface area contributed by atoms with Crippen LogP contribution in [-0.4, -0.2) is 75.3 Å². The standard InChI is InChI=1S/C22H25F2N4O6P/c1-4-10-32-35(31,33-11-5-2)27-8-6-26(7-9-27)21-19(23)12-17(13-20(21)24)28-15-18(34-22(28)30)14-25-16(3)29/h1-2,12-13,18H,6-11,14-15H2,3H3,(H,25,29)/t18-/m0/s1. The zero-order valence-electron chi connectivity index (χ0n) is 19.0. The van der Waals surface area contributed by atoms with Gasteiger partial charge < -0.3 is 15.0 Å². The van der Waals surface area contributed by atoms with Crippen LogP contribution in [0, 0.1) is 36.3 Å². The Morgan fingerprint density at radius 2 is 1.74 bits per heavy atom. The highest BCUT2D eigenvalue weighted by Gasteiger charge is 2.38. The molecule has 0 radical (unpaired) electrons. The predicted molar refractivity (Wildman–Crippen MR) is 124 cm³/mol. The lowest BCUT2D eigenvalue weighted by Gasteiger charge is -2.38. The van der Waals surface area contributed by atoms with Crippen LogP contribution in [0.3, 0.4) is 0 Å². The molecule has 10 nitrogen and oxygen atoms in total. The first-order valence-electron chi connectivity index (χ1n) is 10.7. The largest absolute Gasteiger partial charge is 0.442 e. The summed E-state index contributed by atoms with van der Waals surface area (Å²) in [5.74, 6) is 2.40. The van der Waals surface area contributed by atoms with Crippen LogP contribution < -0.4 is 15.1 Å². The zero-order chi connectivity index (χ0) is 25.6. The van der Waals surface area contributed by atoms with Crippen LogP contribution in [0.25, 0.3) is 0 Å². The van der Waals surface area contributed by atoms with Crippen LogP contribution in [-0.2, 0) is 23.1 Å². The zero-order valence-corrected chi connectivity index (χ0v) is 19.9. The second kappa shape index (κ2) is 11.5. The normalized spacial score (nSPS) is 18.7. The van der Waals surface area contributed by atoms with Crippen molar-refractivity contribution in [3.05, 3.63) is 23.8 Å². The van der Waals surface area contributed by atoms with Crippen molar-refractivity contribution in [1.29, 1.82) is 0 Å². The van der Waals surface area contributed by atoms with E-state index in [1.807, 2.05) is 0 Å². The van der Waals surface area contributed by atoms with E-state index in [-0.39, 0.29) is 69.8 Å². The topological polar surface area (TPSA) is 101 Å². The summed E-state index contributed by atoms with van der Waals surface area (Å²) in [5, 5.41) is 2.53. The van der Waals surface area contributed by atoms with E-state index in [0.717, 1.165) is 17.0 Å². The van der Waals surface area contributed by atoms with Crippen LogP contribution in [0.5, 0.6) is 0 Å². The Kier molecular flexibility index (Phi) is 8.71. The summed E-state index contributed by atoms with van der Waals surface area (Å²) in [6, 6.07) is 2.09. The number of ether oxygens (including phenoxy) is 1. The van der Waals surface area contributed by atoms with Gasteiger partial charge >= 0.3 is 13.8 Å². The molecule has 0 bridgehead atoms. The van der Waals surface area contributed by atoms with E-state index in [1.165, 1.54) is 16.5 Å². The van der Waals surface area contributed by atoms with E-state index in [0.29, 0.717) is 0 Å². The van der Waals surface area contributed by atoms with Crippen LogP contribution in [0.4, 0.5) is 25.0 Å². The number of hydrogen-bond donors (Lipinski definition) is 1. The summed E-state index contributed by atoms with van der Waals surface area (Å²) < 4.78 is 60.1. The lowest BCUT2D eigenvalue weighted by molar-refractivity contribution is -0.119. The number of carbonyl (C=O) groups excluding carboxylic acids is 2. The average molecular weight is 510 g/mol. The smallest absolute Gasteiger partial charge is 0.414 e. The molecular formula is C22H25F2N4O6P. The monoisotopic (exact) mass is 510 g/mol. The van der Waals surface area contributed by atoms with Crippen molar-refractivity contribution >= 4 is 31.1 Å². The van der Waals surface area contributed by atoms with Crippen molar-refractivity contribution in [2.75, 3.05) is 62.3 Å². The van der Waals surface area contributed by atoms with Crippen molar-refractivity contribution in [2.45, 2.75) is 13.0 Å². The van der Waals surface area contributed by atoms with Crippen molar-refractivity contribution in [3.8, 4) is 24.7 Å². The van der Waals surface area contributed by atoms with Gasteiger partial charge in [0.15, 0.2) is 11.6 Å². The molecule has 2 saturated heterocycles. The second-order valence-corrected chi connectivity index (χ2v) is 9.70. The number of hydrogen-bond acceptors (Lipinski definition) is 7. The molecule has 2 heterocycles. The van der Waals surface area contributed by atoms with Gasteiger partial charge in [0.1, 0.15) is 25.0 Å². The first-order chi connectivity index (χ1) is 16.7. The fourth-order valence-electron chi connectivity index (χ4n) is 3.71. The molecule has 0 aromatic heterocycles.